The Morgan fingerprint density at radius 1 is 1.39 bits per heavy atom. The summed E-state index contributed by atoms with van der Waals surface area (Å²) in [6.07, 6.45) is 2.33. The molecule has 3 nitrogen and oxygen atoms in total. The second-order valence-corrected chi connectivity index (χ2v) is 4.92. The number of nitrogens with one attached hydrogen (secondary N) is 1. The number of hydrogen-bond acceptors (Lipinski definition) is 2. The van der Waals surface area contributed by atoms with Crippen molar-refractivity contribution in [3.63, 3.8) is 0 Å². The maximum atomic E-state index is 11.6. The van der Waals surface area contributed by atoms with E-state index in [0.29, 0.717) is 18.0 Å². The van der Waals surface area contributed by atoms with Crippen LogP contribution in [0.25, 0.3) is 0 Å². The topological polar surface area (TPSA) is 55.1 Å². The third-order valence-electron chi connectivity index (χ3n) is 2.80. The van der Waals surface area contributed by atoms with Crippen molar-refractivity contribution in [3.8, 4) is 0 Å². The van der Waals surface area contributed by atoms with E-state index < -0.39 is 0 Å². The molecule has 0 radical (unpaired) electrons. The first-order valence-corrected chi connectivity index (χ1v) is 6.60. The van der Waals surface area contributed by atoms with Crippen molar-refractivity contribution in [1.29, 1.82) is 0 Å². The van der Waals surface area contributed by atoms with Gasteiger partial charge in [-0.1, -0.05) is 49.5 Å². The molecule has 1 amide bonds. The van der Waals surface area contributed by atoms with Crippen molar-refractivity contribution < 1.29 is 4.79 Å². The number of thiocarbonyl (C=S) groups is 1. The molecule has 0 saturated heterocycles. The lowest BCUT2D eigenvalue weighted by Gasteiger charge is -2.10. The average molecular weight is 264 g/mol. The Balaban J connectivity index is 2.16. The first-order valence-electron chi connectivity index (χ1n) is 6.19. The van der Waals surface area contributed by atoms with Crippen LogP contribution in [0, 0.1) is 5.92 Å². The number of carbonyl (C=O) groups excluding carboxylic acids is 1. The standard InChI is InChI=1S/C14H20N2OS/c1-11(14(15)18)10-16-13(17)9-5-8-12-6-3-2-4-7-12/h2-4,6-7,11H,5,8-10H2,1H3,(H2,15,18)(H,16,17). The predicted octanol–water partition coefficient (Wildman–Crippen LogP) is 2.05. The fourth-order valence-corrected chi connectivity index (χ4v) is 1.64. The highest BCUT2D eigenvalue weighted by Gasteiger charge is 2.07. The van der Waals surface area contributed by atoms with Crippen molar-refractivity contribution in [2.24, 2.45) is 11.7 Å². The Labute approximate surface area is 114 Å². The number of rotatable bonds is 7. The van der Waals surface area contributed by atoms with E-state index in [2.05, 4.69) is 17.4 Å². The summed E-state index contributed by atoms with van der Waals surface area (Å²) in [5.74, 6) is 0.118. The van der Waals surface area contributed by atoms with Crippen LogP contribution in [0.1, 0.15) is 25.3 Å². The van der Waals surface area contributed by atoms with Crippen molar-refractivity contribution in [3.05, 3.63) is 35.9 Å². The highest BCUT2D eigenvalue weighted by Crippen LogP contribution is 2.04. The van der Waals surface area contributed by atoms with Crippen molar-refractivity contribution >= 4 is 23.1 Å². The molecule has 0 saturated carbocycles. The Morgan fingerprint density at radius 3 is 2.67 bits per heavy atom. The van der Waals surface area contributed by atoms with E-state index in [9.17, 15) is 4.79 Å². The molecule has 0 bridgehead atoms. The van der Waals surface area contributed by atoms with Crippen molar-refractivity contribution in [2.45, 2.75) is 26.2 Å². The molecule has 1 aromatic rings. The van der Waals surface area contributed by atoms with Gasteiger partial charge in [0, 0.05) is 18.9 Å². The van der Waals surface area contributed by atoms with Gasteiger partial charge in [-0.05, 0) is 18.4 Å². The van der Waals surface area contributed by atoms with Crippen LogP contribution in [0.3, 0.4) is 0 Å². The molecule has 0 aliphatic carbocycles. The molecule has 0 spiro atoms. The molecule has 1 aromatic carbocycles. The van der Waals surface area contributed by atoms with E-state index in [4.69, 9.17) is 18.0 Å². The molecular weight excluding hydrogens is 244 g/mol. The molecule has 0 fully saturated rings. The van der Waals surface area contributed by atoms with Gasteiger partial charge in [-0.25, -0.2) is 0 Å². The maximum Gasteiger partial charge on any atom is 0.220 e. The molecule has 0 aromatic heterocycles. The highest BCUT2D eigenvalue weighted by atomic mass is 32.1. The highest BCUT2D eigenvalue weighted by molar-refractivity contribution is 7.80. The lowest BCUT2D eigenvalue weighted by Crippen LogP contribution is -2.33. The molecule has 1 rings (SSSR count). The van der Waals surface area contributed by atoms with E-state index in [1.165, 1.54) is 5.56 Å². The van der Waals surface area contributed by atoms with E-state index in [1.807, 2.05) is 25.1 Å². The minimum atomic E-state index is 0.0538. The van der Waals surface area contributed by atoms with Gasteiger partial charge in [-0.15, -0.1) is 0 Å². The van der Waals surface area contributed by atoms with Gasteiger partial charge in [0.05, 0.1) is 4.99 Å². The third-order valence-corrected chi connectivity index (χ3v) is 3.21. The largest absolute Gasteiger partial charge is 0.393 e. The fourth-order valence-electron chi connectivity index (χ4n) is 1.55. The van der Waals surface area contributed by atoms with E-state index >= 15 is 0 Å². The second-order valence-electron chi connectivity index (χ2n) is 4.45. The smallest absolute Gasteiger partial charge is 0.220 e. The summed E-state index contributed by atoms with van der Waals surface area (Å²) in [6.45, 7) is 2.44. The summed E-state index contributed by atoms with van der Waals surface area (Å²) in [5, 5.41) is 2.84. The van der Waals surface area contributed by atoms with E-state index in [1.54, 1.807) is 0 Å². The molecule has 3 N–H and O–H groups in total. The number of amides is 1. The van der Waals surface area contributed by atoms with Gasteiger partial charge in [0.15, 0.2) is 0 Å². The lowest BCUT2D eigenvalue weighted by atomic mass is 10.1. The van der Waals surface area contributed by atoms with Crippen LogP contribution in [-0.2, 0) is 11.2 Å². The van der Waals surface area contributed by atoms with Crippen molar-refractivity contribution in [1.82, 2.24) is 5.32 Å². The summed E-state index contributed by atoms with van der Waals surface area (Å²) in [6, 6.07) is 10.2. The van der Waals surface area contributed by atoms with Crippen LogP contribution >= 0.6 is 12.2 Å². The Bertz CT molecular complexity index is 392. The number of nitrogens with two attached hydrogens (primary N) is 1. The van der Waals surface area contributed by atoms with E-state index in [-0.39, 0.29) is 11.8 Å². The predicted molar refractivity (Wildman–Crippen MR) is 78.3 cm³/mol. The summed E-state index contributed by atoms with van der Waals surface area (Å²) in [5.41, 5.74) is 6.74. The minimum Gasteiger partial charge on any atom is -0.393 e. The molecule has 1 unspecified atom stereocenters. The van der Waals surface area contributed by atoms with Crippen LogP contribution in [0.5, 0.6) is 0 Å². The van der Waals surface area contributed by atoms with Crippen molar-refractivity contribution in [2.75, 3.05) is 6.54 Å². The quantitative estimate of drug-likeness (QED) is 0.741. The summed E-state index contributed by atoms with van der Waals surface area (Å²) in [4.78, 5) is 12.0. The Morgan fingerprint density at radius 2 is 2.06 bits per heavy atom. The molecule has 98 valence electrons. The minimum absolute atomic E-state index is 0.0538. The fraction of sp³-hybridized carbons (Fsp3) is 0.429. The number of benzene rings is 1. The number of aryl methyl sites for hydroxylation is 1. The SMILES string of the molecule is CC(CNC(=O)CCCc1ccccc1)C(N)=S. The molecule has 0 aliphatic heterocycles. The van der Waals surface area contributed by atoms with Gasteiger partial charge in [-0.2, -0.15) is 0 Å². The first-order chi connectivity index (χ1) is 8.59. The van der Waals surface area contributed by atoms with Crippen LogP contribution in [0.15, 0.2) is 30.3 Å². The maximum absolute atomic E-state index is 11.6. The van der Waals surface area contributed by atoms with Crippen LogP contribution in [-0.4, -0.2) is 17.4 Å². The number of carbonyl (C=O) groups is 1. The van der Waals surface area contributed by atoms with Gasteiger partial charge in [0.1, 0.15) is 0 Å². The average Bonchev–Trinajstić information content (AvgIpc) is 2.37. The van der Waals surface area contributed by atoms with E-state index in [0.717, 1.165) is 12.8 Å². The zero-order valence-corrected chi connectivity index (χ0v) is 11.5. The van der Waals surface area contributed by atoms with Gasteiger partial charge in [-0.3, -0.25) is 4.79 Å². The normalized spacial score (nSPS) is 11.8. The zero-order valence-electron chi connectivity index (χ0n) is 10.7. The van der Waals surface area contributed by atoms with Crippen LogP contribution < -0.4 is 11.1 Å². The lowest BCUT2D eigenvalue weighted by molar-refractivity contribution is -0.121. The van der Waals surface area contributed by atoms with Crippen LogP contribution in [0.4, 0.5) is 0 Å². The molecule has 4 heteroatoms. The van der Waals surface area contributed by atoms with Gasteiger partial charge in [0.25, 0.3) is 0 Å². The van der Waals surface area contributed by atoms with Crippen LogP contribution in [0.2, 0.25) is 0 Å². The Kier molecular flexibility index (Phi) is 6.36. The Hall–Kier alpha value is -1.42. The molecule has 0 aliphatic rings. The second kappa shape index (κ2) is 7.82. The molecule has 1 atom stereocenters. The van der Waals surface area contributed by atoms with Gasteiger partial charge in [0.2, 0.25) is 5.91 Å². The monoisotopic (exact) mass is 264 g/mol. The zero-order chi connectivity index (χ0) is 13.4. The van der Waals surface area contributed by atoms with Gasteiger partial charge < -0.3 is 11.1 Å². The molecule has 0 heterocycles. The van der Waals surface area contributed by atoms with Gasteiger partial charge >= 0.3 is 0 Å². The first kappa shape index (κ1) is 14.6. The third kappa shape index (κ3) is 5.77. The molecular formula is C14H20N2OS. The molecule has 18 heavy (non-hydrogen) atoms. The summed E-state index contributed by atoms with van der Waals surface area (Å²) < 4.78 is 0. The summed E-state index contributed by atoms with van der Waals surface area (Å²) >= 11 is 4.85. The summed E-state index contributed by atoms with van der Waals surface area (Å²) in [7, 11) is 0. The number of hydrogen-bond donors (Lipinski definition) is 2.